The van der Waals surface area contributed by atoms with Crippen LogP contribution in [0.15, 0.2) is 41.3 Å². The van der Waals surface area contributed by atoms with E-state index < -0.39 is 10.0 Å². The Balaban J connectivity index is 1.86. The maximum Gasteiger partial charge on any atom is 0.263 e. The lowest BCUT2D eigenvalue weighted by Gasteiger charge is -2.30. The molecule has 8 heteroatoms. The van der Waals surface area contributed by atoms with E-state index in [0.717, 1.165) is 24.1 Å². The van der Waals surface area contributed by atoms with Gasteiger partial charge in [-0.05, 0) is 48.7 Å². The Morgan fingerprint density at radius 3 is 2.64 bits per heavy atom. The van der Waals surface area contributed by atoms with E-state index in [1.165, 1.54) is 19.2 Å². The average molecular weight is 423 g/mol. The van der Waals surface area contributed by atoms with Gasteiger partial charge in [0.1, 0.15) is 10.6 Å². The number of fused-ring (bicyclic) bond motifs is 1. The Kier molecular flexibility index (Phi) is 6.15. The molecule has 1 amide bonds. The summed E-state index contributed by atoms with van der Waals surface area (Å²) in [5.74, 6) is 0.592. The third-order valence-corrected chi connectivity index (χ3v) is 6.56. The van der Waals surface area contributed by atoms with Crippen molar-refractivity contribution >= 4 is 38.9 Å². The molecule has 2 aromatic carbocycles. The van der Waals surface area contributed by atoms with Crippen molar-refractivity contribution in [2.75, 3.05) is 23.3 Å². The van der Waals surface area contributed by atoms with Crippen LogP contribution >= 0.6 is 11.6 Å². The van der Waals surface area contributed by atoms with Crippen molar-refractivity contribution in [1.82, 2.24) is 0 Å². The number of amides is 1. The summed E-state index contributed by atoms with van der Waals surface area (Å²) in [6.45, 7) is 2.76. The van der Waals surface area contributed by atoms with Crippen molar-refractivity contribution in [1.29, 1.82) is 0 Å². The summed E-state index contributed by atoms with van der Waals surface area (Å²) in [7, 11) is -2.37. The molecular weight excluding hydrogens is 400 g/mol. The molecule has 0 aromatic heterocycles. The highest BCUT2D eigenvalue weighted by atomic mass is 35.5. The van der Waals surface area contributed by atoms with E-state index >= 15 is 0 Å². The van der Waals surface area contributed by atoms with Crippen LogP contribution < -0.4 is 14.4 Å². The fraction of sp³-hybridized carbons (Fsp3) is 0.350. The number of hydrogen-bond acceptors (Lipinski definition) is 4. The first kappa shape index (κ1) is 20.5. The monoisotopic (exact) mass is 422 g/mol. The minimum atomic E-state index is -3.85. The molecule has 2 aromatic rings. The van der Waals surface area contributed by atoms with Gasteiger partial charge in [-0.3, -0.25) is 9.52 Å². The van der Waals surface area contributed by atoms with Gasteiger partial charge in [0.05, 0.1) is 12.1 Å². The molecule has 28 heavy (non-hydrogen) atoms. The number of nitrogens with one attached hydrogen (secondary N) is 1. The number of nitrogens with zero attached hydrogens (tertiary/aromatic N) is 1. The average Bonchev–Trinajstić information content (AvgIpc) is 2.66. The summed E-state index contributed by atoms with van der Waals surface area (Å²) >= 11 is 6.11. The standard InChI is InChI=1S/C20H23ClN2O4S/c1-3-4-11-23-18-8-6-15(12-14(18)5-10-20(23)24)22-28(25,26)19-9-7-16(27-2)13-17(19)21/h6-9,12-13,22H,3-5,10-11H2,1-2H3. The molecular formula is C20H23ClN2O4S. The molecule has 0 atom stereocenters. The normalized spacial score (nSPS) is 14.0. The molecule has 0 saturated heterocycles. The predicted octanol–water partition coefficient (Wildman–Crippen LogP) is 4.23. The lowest BCUT2D eigenvalue weighted by molar-refractivity contribution is -0.118. The quantitative estimate of drug-likeness (QED) is 0.724. The maximum atomic E-state index is 12.7. The second-order valence-electron chi connectivity index (χ2n) is 6.64. The van der Waals surface area contributed by atoms with Gasteiger partial charge >= 0.3 is 0 Å². The second kappa shape index (κ2) is 8.41. The lowest BCUT2D eigenvalue weighted by Crippen LogP contribution is -2.35. The van der Waals surface area contributed by atoms with Crippen LogP contribution in [0.5, 0.6) is 5.75 Å². The van der Waals surface area contributed by atoms with E-state index in [1.54, 1.807) is 29.2 Å². The van der Waals surface area contributed by atoms with Crippen LogP contribution in [-0.2, 0) is 21.2 Å². The Bertz CT molecular complexity index is 992. The van der Waals surface area contributed by atoms with Gasteiger partial charge < -0.3 is 9.64 Å². The van der Waals surface area contributed by atoms with Gasteiger partial charge in [0.25, 0.3) is 10.0 Å². The third kappa shape index (κ3) is 4.25. The van der Waals surface area contributed by atoms with E-state index in [4.69, 9.17) is 16.3 Å². The summed E-state index contributed by atoms with van der Waals surface area (Å²) in [5.41, 5.74) is 2.25. The molecule has 6 nitrogen and oxygen atoms in total. The molecule has 0 spiro atoms. The van der Waals surface area contributed by atoms with E-state index in [1.807, 2.05) is 0 Å². The first-order valence-corrected chi connectivity index (χ1v) is 11.0. The van der Waals surface area contributed by atoms with E-state index in [9.17, 15) is 13.2 Å². The number of hydrogen-bond donors (Lipinski definition) is 1. The zero-order valence-electron chi connectivity index (χ0n) is 15.9. The minimum Gasteiger partial charge on any atom is -0.497 e. The first-order chi connectivity index (χ1) is 13.4. The maximum absolute atomic E-state index is 12.7. The summed E-state index contributed by atoms with van der Waals surface area (Å²) in [6, 6.07) is 9.67. The summed E-state index contributed by atoms with van der Waals surface area (Å²) in [4.78, 5) is 14.0. The Morgan fingerprint density at radius 1 is 1.18 bits per heavy atom. The summed E-state index contributed by atoms with van der Waals surface area (Å²) < 4.78 is 33.1. The number of unbranched alkanes of at least 4 members (excludes halogenated alkanes) is 1. The summed E-state index contributed by atoms with van der Waals surface area (Å²) in [6.07, 6.45) is 2.95. The van der Waals surface area contributed by atoms with Crippen molar-refractivity contribution in [3.05, 3.63) is 47.0 Å². The minimum absolute atomic E-state index is 0.0209. The van der Waals surface area contributed by atoms with Gasteiger partial charge in [-0.25, -0.2) is 8.42 Å². The zero-order chi connectivity index (χ0) is 20.3. The van der Waals surface area contributed by atoms with E-state index in [0.29, 0.717) is 30.8 Å². The van der Waals surface area contributed by atoms with Crippen molar-refractivity contribution in [2.24, 2.45) is 0 Å². The number of methoxy groups -OCH3 is 1. The van der Waals surface area contributed by atoms with Crippen molar-refractivity contribution in [3.63, 3.8) is 0 Å². The van der Waals surface area contributed by atoms with Crippen LogP contribution in [0.3, 0.4) is 0 Å². The lowest BCUT2D eigenvalue weighted by atomic mass is 10.00. The molecule has 0 bridgehead atoms. The number of anilines is 2. The van der Waals surface area contributed by atoms with Gasteiger partial charge in [0.2, 0.25) is 5.91 Å². The van der Waals surface area contributed by atoms with Crippen LogP contribution in [0.4, 0.5) is 11.4 Å². The van der Waals surface area contributed by atoms with Crippen LogP contribution in [-0.4, -0.2) is 28.0 Å². The molecule has 1 heterocycles. The molecule has 1 aliphatic heterocycles. The highest BCUT2D eigenvalue weighted by molar-refractivity contribution is 7.92. The SMILES string of the molecule is CCCCN1C(=O)CCc2cc(NS(=O)(=O)c3ccc(OC)cc3Cl)ccc21. The van der Waals surface area contributed by atoms with Gasteiger partial charge in [-0.2, -0.15) is 0 Å². The van der Waals surface area contributed by atoms with Gasteiger partial charge in [0.15, 0.2) is 0 Å². The molecule has 0 saturated carbocycles. The number of halogens is 1. The highest BCUT2D eigenvalue weighted by Gasteiger charge is 2.25. The smallest absolute Gasteiger partial charge is 0.263 e. The molecule has 0 aliphatic carbocycles. The van der Waals surface area contributed by atoms with Crippen molar-refractivity contribution < 1.29 is 17.9 Å². The molecule has 1 aliphatic rings. The van der Waals surface area contributed by atoms with Gasteiger partial charge in [-0.1, -0.05) is 24.9 Å². The number of carbonyl (C=O) groups is 1. The largest absolute Gasteiger partial charge is 0.497 e. The number of ether oxygens (including phenoxy) is 1. The number of aryl methyl sites for hydroxylation is 1. The van der Waals surface area contributed by atoms with Crippen LogP contribution in [0.1, 0.15) is 31.7 Å². The first-order valence-electron chi connectivity index (χ1n) is 9.15. The molecule has 0 unspecified atom stereocenters. The Labute approximate surface area is 170 Å². The van der Waals surface area contributed by atoms with E-state index in [2.05, 4.69) is 11.6 Å². The van der Waals surface area contributed by atoms with Gasteiger partial charge in [-0.15, -0.1) is 0 Å². The Morgan fingerprint density at radius 2 is 1.96 bits per heavy atom. The number of benzene rings is 2. The number of sulfonamides is 1. The van der Waals surface area contributed by atoms with Crippen LogP contribution in [0.25, 0.3) is 0 Å². The Hall–Kier alpha value is -2.25. The molecule has 0 fully saturated rings. The molecule has 150 valence electrons. The number of carbonyl (C=O) groups excluding carboxylic acids is 1. The zero-order valence-corrected chi connectivity index (χ0v) is 17.4. The van der Waals surface area contributed by atoms with Crippen molar-refractivity contribution in [3.8, 4) is 5.75 Å². The predicted molar refractivity (Wildman–Crippen MR) is 111 cm³/mol. The number of rotatable bonds is 7. The molecule has 0 radical (unpaired) electrons. The van der Waals surface area contributed by atoms with Gasteiger partial charge in [0, 0.05) is 30.4 Å². The molecule has 1 N–H and O–H groups in total. The van der Waals surface area contributed by atoms with Crippen LogP contribution in [0.2, 0.25) is 5.02 Å². The second-order valence-corrected chi connectivity index (χ2v) is 8.70. The highest BCUT2D eigenvalue weighted by Crippen LogP contribution is 2.32. The fourth-order valence-electron chi connectivity index (χ4n) is 3.22. The van der Waals surface area contributed by atoms with E-state index in [-0.39, 0.29) is 15.8 Å². The topological polar surface area (TPSA) is 75.7 Å². The van der Waals surface area contributed by atoms with Crippen LogP contribution in [0, 0.1) is 0 Å². The van der Waals surface area contributed by atoms with Crippen molar-refractivity contribution in [2.45, 2.75) is 37.5 Å². The fourth-order valence-corrected chi connectivity index (χ4v) is 4.81. The summed E-state index contributed by atoms with van der Waals surface area (Å²) in [5, 5.41) is 0.0844. The third-order valence-electron chi connectivity index (χ3n) is 4.70. The molecule has 3 rings (SSSR count).